The van der Waals surface area contributed by atoms with Crippen molar-refractivity contribution in [3.63, 3.8) is 0 Å². The van der Waals surface area contributed by atoms with Crippen LogP contribution in [-0.2, 0) is 11.2 Å². The topological polar surface area (TPSA) is 88.0 Å². The fourth-order valence-electron chi connectivity index (χ4n) is 2.42. The van der Waals surface area contributed by atoms with E-state index in [1.807, 2.05) is 36.4 Å². The lowest BCUT2D eigenvalue weighted by atomic mass is 10.1. The number of carbonyl (C=O) groups is 2. The minimum atomic E-state index is -0.383. The number of aromatic amines is 1. The van der Waals surface area contributed by atoms with Crippen LogP contribution in [0.4, 0.5) is 5.69 Å². The van der Waals surface area contributed by atoms with Crippen LogP contribution in [0.1, 0.15) is 16.1 Å². The van der Waals surface area contributed by atoms with Gasteiger partial charge in [0.25, 0.3) is 5.91 Å². The number of nitrogens with two attached hydrogens (primary N) is 1. The third-order valence-corrected chi connectivity index (χ3v) is 3.61. The summed E-state index contributed by atoms with van der Waals surface area (Å²) >= 11 is 0. The van der Waals surface area contributed by atoms with Crippen LogP contribution in [0.3, 0.4) is 0 Å². The summed E-state index contributed by atoms with van der Waals surface area (Å²) in [5.41, 5.74) is 9.01. The Bertz CT molecular complexity index is 852. The first-order valence-electron chi connectivity index (χ1n) is 7.55. The van der Waals surface area contributed by atoms with Gasteiger partial charge < -0.3 is 16.0 Å². The average molecular weight is 319 g/mol. The van der Waals surface area contributed by atoms with Crippen LogP contribution in [0.25, 0.3) is 11.3 Å². The molecule has 2 aromatic carbocycles. The summed E-state index contributed by atoms with van der Waals surface area (Å²) < 4.78 is 0. The highest BCUT2D eigenvalue weighted by Gasteiger charge is 2.10. The molecule has 0 saturated carbocycles. The van der Waals surface area contributed by atoms with E-state index in [0.29, 0.717) is 11.4 Å². The second-order valence-corrected chi connectivity index (χ2v) is 5.45. The predicted octanol–water partition coefficient (Wildman–Crippen LogP) is 2.96. The Balaban J connectivity index is 1.69. The molecular formula is C19H17N3O2. The maximum Gasteiger partial charge on any atom is 0.272 e. The number of amides is 2. The van der Waals surface area contributed by atoms with Gasteiger partial charge in [-0.3, -0.25) is 9.59 Å². The first kappa shape index (κ1) is 15.6. The van der Waals surface area contributed by atoms with Gasteiger partial charge in [-0.1, -0.05) is 42.5 Å². The van der Waals surface area contributed by atoms with Gasteiger partial charge in [0.2, 0.25) is 5.91 Å². The van der Waals surface area contributed by atoms with E-state index < -0.39 is 0 Å². The Morgan fingerprint density at radius 2 is 1.62 bits per heavy atom. The van der Waals surface area contributed by atoms with E-state index in [1.54, 1.807) is 30.3 Å². The number of aromatic nitrogens is 1. The van der Waals surface area contributed by atoms with Crippen molar-refractivity contribution >= 4 is 17.5 Å². The molecule has 0 radical (unpaired) electrons. The molecular weight excluding hydrogens is 302 g/mol. The van der Waals surface area contributed by atoms with Crippen LogP contribution in [0.2, 0.25) is 0 Å². The SMILES string of the molecule is NC(=O)Cc1ccc(NC(=O)c2ccc(-c3ccccc3)[nH]2)cc1. The molecule has 0 spiro atoms. The van der Waals surface area contributed by atoms with Crippen LogP contribution in [0.15, 0.2) is 66.7 Å². The molecule has 1 heterocycles. The van der Waals surface area contributed by atoms with Gasteiger partial charge in [0.15, 0.2) is 0 Å². The Hall–Kier alpha value is -3.34. The van der Waals surface area contributed by atoms with Crippen molar-refractivity contribution in [2.24, 2.45) is 5.73 Å². The second kappa shape index (κ2) is 6.83. The molecule has 2 amide bonds. The summed E-state index contributed by atoms with van der Waals surface area (Å²) in [6.45, 7) is 0. The standard InChI is InChI=1S/C19H17N3O2/c20-18(23)12-13-6-8-15(9-7-13)21-19(24)17-11-10-16(22-17)14-4-2-1-3-5-14/h1-11,22H,12H2,(H2,20,23)(H,21,24). The van der Waals surface area contributed by atoms with E-state index in [1.165, 1.54) is 0 Å². The predicted molar refractivity (Wildman–Crippen MR) is 93.5 cm³/mol. The monoisotopic (exact) mass is 319 g/mol. The molecule has 3 aromatic rings. The van der Waals surface area contributed by atoms with Gasteiger partial charge in [0.05, 0.1) is 6.42 Å². The lowest BCUT2D eigenvalue weighted by Crippen LogP contribution is -2.14. The van der Waals surface area contributed by atoms with E-state index in [0.717, 1.165) is 16.8 Å². The van der Waals surface area contributed by atoms with Crippen molar-refractivity contribution in [3.8, 4) is 11.3 Å². The molecule has 0 aliphatic heterocycles. The van der Waals surface area contributed by atoms with Gasteiger partial charge in [-0.15, -0.1) is 0 Å². The Kier molecular flexibility index (Phi) is 4.43. The number of carbonyl (C=O) groups excluding carboxylic acids is 2. The molecule has 0 aliphatic rings. The lowest BCUT2D eigenvalue weighted by molar-refractivity contribution is -0.117. The number of H-pyrrole nitrogens is 1. The van der Waals surface area contributed by atoms with Gasteiger partial charge in [-0.2, -0.15) is 0 Å². The van der Waals surface area contributed by atoms with E-state index in [4.69, 9.17) is 5.73 Å². The number of anilines is 1. The molecule has 4 N–H and O–H groups in total. The highest BCUT2D eigenvalue weighted by molar-refractivity contribution is 6.03. The van der Waals surface area contributed by atoms with Crippen LogP contribution < -0.4 is 11.1 Å². The summed E-state index contributed by atoms with van der Waals surface area (Å²) in [6, 6.07) is 20.5. The van der Waals surface area contributed by atoms with Crippen LogP contribution in [-0.4, -0.2) is 16.8 Å². The Morgan fingerprint density at radius 3 is 2.29 bits per heavy atom. The van der Waals surface area contributed by atoms with Crippen molar-refractivity contribution in [1.29, 1.82) is 0 Å². The van der Waals surface area contributed by atoms with Crippen molar-refractivity contribution in [2.45, 2.75) is 6.42 Å². The third-order valence-electron chi connectivity index (χ3n) is 3.61. The number of primary amides is 1. The molecule has 24 heavy (non-hydrogen) atoms. The molecule has 0 bridgehead atoms. The summed E-state index contributed by atoms with van der Waals surface area (Å²) in [4.78, 5) is 26.3. The number of hydrogen-bond acceptors (Lipinski definition) is 2. The van der Waals surface area contributed by atoms with Crippen molar-refractivity contribution in [1.82, 2.24) is 4.98 Å². The minimum Gasteiger partial charge on any atom is -0.369 e. The summed E-state index contributed by atoms with van der Waals surface area (Å²) in [7, 11) is 0. The third kappa shape index (κ3) is 3.70. The van der Waals surface area contributed by atoms with Gasteiger partial charge in [0.1, 0.15) is 5.69 Å². The van der Waals surface area contributed by atoms with E-state index >= 15 is 0 Å². The van der Waals surface area contributed by atoms with Crippen LogP contribution >= 0.6 is 0 Å². The van der Waals surface area contributed by atoms with Gasteiger partial charge in [-0.25, -0.2) is 0 Å². The highest BCUT2D eigenvalue weighted by Crippen LogP contribution is 2.19. The Morgan fingerprint density at radius 1 is 0.917 bits per heavy atom. The number of rotatable bonds is 5. The molecule has 0 atom stereocenters. The van der Waals surface area contributed by atoms with Gasteiger partial charge >= 0.3 is 0 Å². The van der Waals surface area contributed by atoms with E-state index in [2.05, 4.69) is 10.3 Å². The molecule has 3 rings (SSSR count). The summed E-state index contributed by atoms with van der Waals surface area (Å²) in [6.07, 6.45) is 0.186. The van der Waals surface area contributed by atoms with Crippen LogP contribution in [0.5, 0.6) is 0 Å². The second-order valence-electron chi connectivity index (χ2n) is 5.45. The maximum absolute atomic E-state index is 12.3. The largest absolute Gasteiger partial charge is 0.369 e. The number of nitrogens with one attached hydrogen (secondary N) is 2. The van der Waals surface area contributed by atoms with E-state index in [9.17, 15) is 9.59 Å². The highest BCUT2D eigenvalue weighted by atomic mass is 16.2. The molecule has 1 aromatic heterocycles. The molecule has 0 aliphatic carbocycles. The average Bonchev–Trinajstić information content (AvgIpc) is 3.07. The zero-order chi connectivity index (χ0) is 16.9. The number of hydrogen-bond donors (Lipinski definition) is 3. The lowest BCUT2D eigenvalue weighted by Gasteiger charge is -2.05. The first-order valence-corrected chi connectivity index (χ1v) is 7.55. The molecule has 5 nitrogen and oxygen atoms in total. The quantitative estimate of drug-likeness (QED) is 0.675. The number of benzene rings is 2. The molecule has 5 heteroatoms. The normalized spacial score (nSPS) is 10.3. The van der Waals surface area contributed by atoms with E-state index in [-0.39, 0.29) is 18.2 Å². The van der Waals surface area contributed by atoms with Crippen molar-refractivity contribution < 1.29 is 9.59 Å². The minimum absolute atomic E-state index is 0.186. The Labute approximate surface area is 139 Å². The van der Waals surface area contributed by atoms with Crippen molar-refractivity contribution in [3.05, 3.63) is 78.0 Å². The molecule has 0 fully saturated rings. The zero-order valence-electron chi connectivity index (χ0n) is 13.0. The summed E-state index contributed by atoms with van der Waals surface area (Å²) in [5, 5.41) is 2.82. The summed E-state index contributed by atoms with van der Waals surface area (Å²) in [5.74, 6) is -0.605. The smallest absolute Gasteiger partial charge is 0.272 e. The van der Waals surface area contributed by atoms with Gasteiger partial charge in [-0.05, 0) is 35.4 Å². The molecule has 0 saturated heterocycles. The fourth-order valence-corrected chi connectivity index (χ4v) is 2.42. The fraction of sp³-hybridized carbons (Fsp3) is 0.0526. The van der Waals surface area contributed by atoms with Gasteiger partial charge in [0, 0.05) is 11.4 Å². The molecule has 120 valence electrons. The first-order chi connectivity index (χ1) is 11.6. The maximum atomic E-state index is 12.3. The zero-order valence-corrected chi connectivity index (χ0v) is 13.0. The molecule has 0 unspecified atom stereocenters. The van der Waals surface area contributed by atoms with Crippen LogP contribution in [0, 0.1) is 0 Å². The van der Waals surface area contributed by atoms with Crippen molar-refractivity contribution in [2.75, 3.05) is 5.32 Å².